The van der Waals surface area contributed by atoms with Crippen LogP contribution < -0.4 is 15.8 Å². The van der Waals surface area contributed by atoms with Gasteiger partial charge in [-0.1, -0.05) is 26.2 Å². The standard InChI is InChI=1S/C14H22N2O2/c1-3-4-5-6-9-18-14-10-12(15)7-8-13(14)16-11(2)17/h7-8,10H,3-6,9,15H2,1-2H3,(H,16,17). The number of amides is 1. The van der Waals surface area contributed by atoms with E-state index in [1.807, 2.05) is 0 Å². The van der Waals surface area contributed by atoms with E-state index in [0.717, 1.165) is 12.8 Å². The molecule has 0 bridgehead atoms. The molecule has 0 fully saturated rings. The highest BCUT2D eigenvalue weighted by Crippen LogP contribution is 2.27. The Morgan fingerprint density at radius 2 is 2.11 bits per heavy atom. The largest absolute Gasteiger partial charge is 0.491 e. The first-order valence-electron chi connectivity index (χ1n) is 6.43. The molecule has 0 atom stereocenters. The number of anilines is 2. The number of nitrogen functional groups attached to an aromatic ring is 1. The summed E-state index contributed by atoms with van der Waals surface area (Å²) in [5.41, 5.74) is 7.02. The second-order valence-corrected chi connectivity index (χ2v) is 4.35. The van der Waals surface area contributed by atoms with Gasteiger partial charge < -0.3 is 15.8 Å². The molecule has 3 N–H and O–H groups in total. The second-order valence-electron chi connectivity index (χ2n) is 4.35. The minimum absolute atomic E-state index is 0.115. The van der Waals surface area contributed by atoms with Crippen molar-refractivity contribution in [1.82, 2.24) is 0 Å². The number of unbranched alkanes of at least 4 members (excludes halogenated alkanes) is 3. The Morgan fingerprint density at radius 1 is 1.33 bits per heavy atom. The van der Waals surface area contributed by atoms with Crippen molar-refractivity contribution in [2.24, 2.45) is 0 Å². The monoisotopic (exact) mass is 250 g/mol. The van der Waals surface area contributed by atoms with Gasteiger partial charge in [-0.3, -0.25) is 4.79 Å². The van der Waals surface area contributed by atoms with Crippen LogP contribution in [0.15, 0.2) is 18.2 Å². The first kappa shape index (κ1) is 14.4. The van der Waals surface area contributed by atoms with Crippen LogP contribution in [0.1, 0.15) is 39.5 Å². The number of carbonyl (C=O) groups excluding carboxylic acids is 1. The van der Waals surface area contributed by atoms with Gasteiger partial charge in [0.05, 0.1) is 12.3 Å². The number of rotatable bonds is 7. The van der Waals surface area contributed by atoms with E-state index in [9.17, 15) is 4.79 Å². The molecule has 0 saturated carbocycles. The van der Waals surface area contributed by atoms with Crippen LogP contribution in [0.5, 0.6) is 5.75 Å². The third kappa shape index (κ3) is 5.08. The molecule has 0 radical (unpaired) electrons. The van der Waals surface area contributed by atoms with E-state index in [4.69, 9.17) is 10.5 Å². The van der Waals surface area contributed by atoms with Crippen molar-refractivity contribution in [2.75, 3.05) is 17.7 Å². The zero-order chi connectivity index (χ0) is 13.4. The van der Waals surface area contributed by atoms with Crippen molar-refractivity contribution >= 4 is 17.3 Å². The maximum atomic E-state index is 11.1. The molecule has 0 aliphatic rings. The molecule has 0 aliphatic heterocycles. The Hall–Kier alpha value is -1.71. The van der Waals surface area contributed by atoms with Gasteiger partial charge in [0.2, 0.25) is 5.91 Å². The fourth-order valence-corrected chi connectivity index (χ4v) is 1.66. The van der Waals surface area contributed by atoms with E-state index in [-0.39, 0.29) is 5.91 Å². The van der Waals surface area contributed by atoms with Crippen LogP contribution in [0.25, 0.3) is 0 Å². The van der Waals surface area contributed by atoms with Crippen LogP contribution in [0, 0.1) is 0 Å². The van der Waals surface area contributed by atoms with Crippen molar-refractivity contribution in [3.05, 3.63) is 18.2 Å². The summed E-state index contributed by atoms with van der Waals surface area (Å²) in [6.45, 7) is 4.30. The number of hydrogen-bond acceptors (Lipinski definition) is 3. The van der Waals surface area contributed by atoms with Gasteiger partial charge in [0.15, 0.2) is 0 Å². The lowest BCUT2D eigenvalue weighted by atomic mass is 10.2. The Labute approximate surface area is 109 Å². The third-order valence-corrected chi connectivity index (χ3v) is 2.57. The molecule has 0 heterocycles. The fourth-order valence-electron chi connectivity index (χ4n) is 1.66. The zero-order valence-electron chi connectivity index (χ0n) is 11.2. The van der Waals surface area contributed by atoms with Crippen LogP contribution in [0.4, 0.5) is 11.4 Å². The molecule has 0 aromatic heterocycles. The number of benzene rings is 1. The van der Waals surface area contributed by atoms with Gasteiger partial charge in [0.25, 0.3) is 0 Å². The number of ether oxygens (including phenoxy) is 1. The molecule has 0 saturated heterocycles. The van der Waals surface area contributed by atoms with E-state index in [0.29, 0.717) is 23.7 Å². The van der Waals surface area contributed by atoms with Gasteiger partial charge in [0, 0.05) is 18.7 Å². The maximum absolute atomic E-state index is 11.1. The molecular weight excluding hydrogens is 228 g/mol. The number of nitrogens with two attached hydrogens (primary N) is 1. The lowest BCUT2D eigenvalue weighted by Crippen LogP contribution is -2.08. The fraction of sp³-hybridized carbons (Fsp3) is 0.500. The minimum atomic E-state index is -0.115. The van der Waals surface area contributed by atoms with Crippen LogP contribution in [-0.4, -0.2) is 12.5 Å². The molecule has 1 amide bonds. The average Bonchev–Trinajstić information content (AvgIpc) is 2.31. The predicted molar refractivity (Wildman–Crippen MR) is 74.8 cm³/mol. The SMILES string of the molecule is CCCCCCOc1cc(N)ccc1NC(C)=O. The molecule has 1 aromatic carbocycles. The molecule has 18 heavy (non-hydrogen) atoms. The van der Waals surface area contributed by atoms with E-state index < -0.39 is 0 Å². The molecule has 0 spiro atoms. The molecule has 4 nitrogen and oxygen atoms in total. The van der Waals surface area contributed by atoms with E-state index in [1.165, 1.54) is 19.8 Å². The highest BCUT2D eigenvalue weighted by atomic mass is 16.5. The van der Waals surface area contributed by atoms with Crippen LogP contribution in [0.2, 0.25) is 0 Å². The average molecular weight is 250 g/mol. The van der Waals surface area contributed by atoms with Gasteiger partial charge in [-0.15, -0.1) is 0 Å². The van der Waals surface area contributed by atoms with Crippen molar-refractivity contribution in [2.45, 2.75) is 39.5 Å². The Bertz CT molecular complexity index is 391. The summed E-state index contributed by atoms with van der Waals surface area (Å²) < 4.78 is 5.67. The van der Waals surface area contributed by atoms with Gasteiger partial charge in [0.1, 0.15) is 5.75 Å². The molecule has 100 valence electrons. The first-order valence-corrected chi connectivity index (χ1v) is 6.43. The molecular formula is C14H22N2O2. The molecule has 1 rings (SSSR count). The van der Waals surface area contributed by atoms with Gasteiger partial charge in [-0.05, 0) is 18.6 Å². The summed E-state index contributed by atoms with van der Waals surface area (Å²) in [5, 5.41) is 2.73. The quantitative estimate of drug-likeness (QED) is 0.577. The smallest absolute Gasteiger partial charge is 0.221 e. The van der Waals surface area contributed by atoms with E-state index >= 15 is 0 Å². The van der Waals surface area contributed by atoms with Gasteiger partial charge in [-0.25, -0.2) is 0 Å². The van der Waals surface area contributed by atoms with Crippen LogP contribution in [0.3, 0.4) is 0 Å². The topological polar surface area (TPSA) is 64.3 Å². The molecule has 4 heteroatoms. The number of nitrogens with one attached hydrogen (secondary N) is 1. The van der Waals surface area contributed by atoms with Crippen molar-refractivity contribution in [3.63, 3.8) is 0 Å². The highest BCUT2D eigenvalue weighted by molar-refractivity contribution is 5.90. The van der Waals surface area contributed by atoms with Crippen molar-refractivity contribution in [3.8, 4) is 5.75 Å². The zero-order valence-corrected chi connectivity index (χ0v) is 11.2. The number of carbonyl (C=O) groups is 1. The van der Waals surface area contributed by atoms with Gasteiger partial charge in [-0.2, -0.15) is 0 Å². The summed E-state index contributed by atoms with van der Waals surface area (Å²) in [5.74, 6) is 0.525. The normalized spacial score (nSPS) is 10.1. The highest BCUT2D eigenvalue weighted by Gasteiger charge is 2.05. The van der Waals surface area contributed by atoms with Gasteiger partial charge >= 0.3 is 0 Å². The van der Waals surface area contributed by atoms with Crippen LogP contribution in [-0.2, 0) is 4.79 Å². The van der Waals surface area contributed by atoms with Crippen molar-refractivity contribution in [1.29, 1.82) is 0 Å². The first-order chi connectivity index (χ1) is 8.63. The summed E-state index contributed by atoms with van der Waals surface area (Å²) in [4.78, 5) is 11.1. The Balaban J connectivity index is 2.56. The van der Waals surface area contributed by atoms with Crippen molar-refractivity contribution < 1.29 is 9.53 Å². The predicted octanol–water partition coefficient (Wildman–Crippen LogP) is 3.19. The molecule has 0 aliphatic carbocycles. The second kappa shape index (κ2) is 7.58. The Morgan fingerprint density at radius 3 is 2.78 bits per heavy atom. The number of hydrogen-bond donors (Lipinski definition) is 2. The van der Waals surface area contributed by atoms with E-state index in [2.05, 4.69) is 12.2 Å². The summed E-state index contributed by atoms with van der Waals surface area (Å²) in [6, 6.07) is 5.25. The lowest BCUT2D eigenvalue weighted by molar-refractivity contribution is -0.114. The lowest BCUT2D eigenvalue weighted by Gasteiger charge is -2.12. The van der Waals surface area contributed by atoms with E-state index in [1.54, 1.807) is 18.2 Å². The molecule has 1 aromatic rings. The van der Waals surface area contributed by atoms with Crippen LogP contribution >= 0.6 is 0 Å². The third-order valence-electron chi connectivity index (χ3n) is 2.57. The molecule has 0 unspecified atom stereocenters. The maximum Gasteiger partial charge on any atom is 0.221 e. The minimum Gasteiger partial charge on any atom is -0.491 e. The Kier molecular flexibility index (Phi) is 6.05. The summed E-state index contributed by atoms with van der Waals surface area (Å²) in [6.07, 6.45) is 4.60. The summed E-state index contributed by atoms with van der Waals surface area (Å²) in [7, 11) is 0. The summed E-state index contributed by atoms with van der Waals surface area (Å²) >= 11 is 0.